The largest absolute Gasteiger partial charge is 0.388 e. The molecule has 0 aromatic carbocycles. The van der Waals surface area contributed by atoms with Crippen LogP contribution in [0.5, 0.6) is 0 Å². The SMILES string of the molecule is Cc1cc(CON=CC2CN3CCC2C3)on1.Cl. The maximum atomic E-state index is 5.22. The second-order valence-electron chi connectivity index (χ2n) is 4.93. The Bertz CT molecular complexity index is 421. The van der Waals surface area contributed by atoms with Gasteiger partial charge in [-0.15, -0.1) is 12.4 Å². The van der Waals surface area contributed by atoms with Crippen LogP contribution in [0, 0.1) is 18.8 Å². The van der Waals surface area contributed by atoms with Crippen LogP contribution in [-0.2, 0) is 11.4 Å². The Labute approximate surface area is 113 Å². The zero-order chi connectivity index (χ0) is 11.7. The highest BCUT2D eigenvalue weighted by molar-refractivity contribution is 5.85. The Morgan fingerprint density at radius 3 is 3.11 bits per heavy atom. The van der Waals surface area contributed by atoms with E-state index in [0.29, 0.717) is 12.5 Å². The summed E-state index contributed by atoms with van der Waals surface area (Å²) in [6.07, 6.45) is 3.25. The van der Waals surface area contributed by atoms with Crippen LogP contribution in [-0.4, -0.2) is 35.9 Å². The summed E-state index contributed by atoms with van der Waals surface area (Å²) < 4.78 is 5.03. The van der Waals surface area contributed by atoms with Crippen molar-refractivity contribution in [2.45, 2.75) is 20.0 Å². The van der Waals surface area contributed by atoms with Crippen LogP contribution < -0.4 is 0 Å². The van der Waals surface area contributed by atoms with E-state index in [1.807, 2.05) is 19.2 Å². The van der Waals surface area contributed by atoms with Gasteiger partial charge in [0.15, 0.2) is 12.4 Å². The minimum Gasteiger partial charge on any atom is -0.388 e. The fourth-order valence-electron chi connectivity index (χ4n) is 2.70. The van der Waals surface area contributed by atoms with E-state index in [1.54, 1.807) is 0 Å². The topological polar surface area (TPSA) is 50.9 Å². The molecule has 2 saturated heterocycles. The average molecular weight is 272 g/mol. The molecule has 0 spiro atoms. The molecule has 5 nitrogen and oxygen atoms in total. The number of aromatic nitrogens is 1. The molecule has 0 amide bonds. The van der Waals surface area contributed by atoms with Crippen molar-refractivity contribution in [3.63, 3.8) is 0 Å². The number of hydrogen-bond donors (Lipinski definition) is 0. The number of aryl methyl sites for hydroxylation is 1. The van der Waals surface area contributed by atoms with Crippen molar-refractivity contribution in [2.75, 3.05) is 19.6 Å². The number of piperidine rings is 1. The Balaban J connectivity index is 0.00000120. The highest BCUT2D eigenvalue weighted by Crippen LogP contribution is 2.31. The molecule has 3 atom stereocenters. The fraction of sp³-hybridized carbons (Fsp3) is 0.667. The summed E-state index contributed by atoms with van der Waals surface area (Å²) in [4.78, 5) is 7.71. The van der Waals surface area contributed by atoms with Crippen LogP contribution in [0.15, 0.2) is 15.7 Å². The molecule has 18 heavy (non-hydrogen) atoms. The molecule has 2 aliphatic heterocycles. The van der Waals surface area contributed by atoms with Gasteiger partial charge in [-0.2, -0.15) is 0 Å². The van der Waals surface area contributed by atoms with E-state index in [0.717, 1.165) is 23.9 Å². The molecule has 2 fully saturated rings. The van der Waals surface area contributed by atoms with Crippen molar-refractivity contribution in [1.29, 1.82) is 0 Å². The third-order valence-corrected chi connectivity index (χ3v) is 3.59. The Morgan fingerprint density at radius 2 is 2.50 bits per heavy atom. The van der Waals surface area contributed by atoms with Gasteiger partial charge in [0.2, 0.25) is 0 Å². The number of rotatable bonds is 4. The Morgan fingerprint density at radius 1 is 1.61 bits per heavy atom. The van der Waals surface area contributed by atoms with Gasteiger partial charge in [0, 0.05) is 31.3 Å². The molecule has 6 heteroatoms. The molecule has 1 aromatic heterocycles. The van der Waals surface area contributed by atoms with E-state index in [9.17, 15) is 0 Å². The number of oxime groups is 1. The molecule has 3 rings (SSSR count). The minimum atomic E-state index is 0. The van der Waals surface area contributed by atoms with Crippen molar-refractivity contribution in [2.24, 2.45) is 17.0 Å². The number of hydrogen-bond acceptors (Lipinski definition) is 5. The molecule has 1 aromatic rings. The van der Waals surface area contributed by atoms with Gasteiger partial charge in [-0.3, -0.25) is 0 Å². The van der Waals surface area contributed by atoms with Crippen LogP contribution in [0.4, 0.5) is 0 Å². The number of nitrogens with zero attached hydrogens (tertiary/aromatic N) is 3. The first-order chi connectivity index (χ1) is 8.31. The smallest absolute Gasteiger partial charge is 0.177 e. The van der Waals surface area contributed by atoms with Crippen LogP contribution in [0.3, 0.4) is 0 Å². The molecule has 2 aliphatic rings. The van der Waals surface area contributed by atoms with Gasteiger partial charge in [0.05, 0.1) is 5.69 Å². The van der Waals surface area contributed by atoms with Crippen LogP contribution in [0.2, 0.25) is 0 Å². The third-order valence-electron chi connectivity index (χ3n) is 3.59. The maximum Gasteiger partial charge on any atom is 0.177 e. The first-order valence-corrected chi connectivity index (χ1v) is 6.11. The molecule has 0 radical (unpaired) electrons. The summed E-state index contributed by atoms with van der Waals surface area (Å²) >= 11 is 0. The molecular formula is C12H18ClN3O2. The molecule has 3 unspecified atom stereocenters. The van der Waals surface area contributed by atoms with Crippen LogP contribution in [0.25, 0.3) is 0 Å². The van der Waals surface area contributed by atoms with Gasteiger partial charge in [-0.25, -0.2) is 0 Å². The molecular weight excluding hydrogens is 254 g/mol. The molecule has 0 saturated carbocycles. The molecule has 2 bridgehead atoms. The zero-order valence-electron chi connectivity index (χ0n) is 10.4. The molecule has 3 heterocycles. The summed E-state index contributed by atoms with van der Waals surface area (Å²) in [5.41, 5.74) is 0.869. The summed E-state index contributed by atoms with van der Waals surface area (Å²) in [5.74, 6) is 2.08. The quantitative estimate of drug-likeness (QED) is 0.620. The van der Waals surface area contributed by atoms with Gasteiger partial charge in [0.25, 0.3) is 0 Å². The lowest BCUT2D eigenvalue weighted by Crippen LogP contribution is -2.24. The zero-order valence-corrected chi connectivity index (χ0v) is 11.2. The first-order valence-electron chi connectivity index (χ1n) is 6.11. The van der Waals surface area contributed by atoms with E-state index < -0.39 is 0 Å². The van der Waals surface area contributed by atoms with Crippen molar-refractivity contribution >= 4 is 18.6 Å². The van der Waals surface area contributed by atoms with E-state index in [4.69, 9.17) is 9.36 Å². The average Bonchev–Trinajstić information content (AvgIpc) is 3.00. The standard InChI is InChI=1S/C12H17N3O2.ClH/c1-9-4-12(17-14-9)8-16-13-5-11-7-15-3-2-10(11)6-15;/h4-5,10-11H,2-3,6-8H2,1H3;1H. The lowest BCUT2D eigenvalue weighted by atomic mass is 9.94. The predicted octanol–water partition coefficient (Wildman–Crippen LogP) is 1.86. The monoisotopic (exact) mass is 271 g/mol. The van der Waals surface area contributed by atoms with Crippen molar-refractivity contribution in [3.8, 4) is 0 Å². The second-order valence-corrected chi connectivity index (χ2v) is 4.93. The molecule has 0 N–H and O–H groups in total. The van der Waals surface area contributed by atoms with Crippen LogP contribution in [0.1, 0.15) is 17.9 Å². The van der Waals surface area contributed by atoms with Gasteiger partial charge < -0.3 is 14.3 Å². The van der Waals surface area contributed by atoms with Gasteiger partial charge >= 0.3 is 0 Å². The van der Waals surface area contributed by atoms with Crippen LogP contribution >= 0.6 is 12.4 Å². The van der Waals surface area contributed by atoms with Crippen molar-refractivity contribution in [3.05, 3.63) is 17.5 Å². The fourth-order valence-corrected chi connectivity index (χ4v) is 2.70. The summed E-state index contributed by atoms with van der Waals surface area (Å²) in [7, 11) is 0. The van der Waals surface area contributed by atoms with Crippen molar-refractivity contribution < 1.29 is 9.36 Å². The Kier molecular flexibility index (Phi) is 4.24. The van der Waals surface area contributed by atoms with Gasteiger partial charge in [-0.1, -0.05) is 10.3 Å². The maximum absolute atomic E-state index is 5.22. The molecule has 100 valence electrons. The highest BCUT2D eigenvalue weighted by Gasteiger charge is 2.36. The van der Waals surface area contributed by atoms with E-state index >= 15 is 0 Å². The summed E-state index contributed by atoms with van der Waals surface area (Å²) in [5, 5.41) is 7.83. The van der Waals surface area contributed by atoms with E-state index in [1.165, 1.54) is 19.5 Å². The second kappa shape index (κ2) is 5.71. The van der Waals surface area contributed by atoms with E-state index in [2.05, 4.69) is 15.2 Å². The number of fused-ring (bicyclic) bond motifs is 2. The third kappa shape index (κ3) is 2.84. The lowest BCUT2D eigenvalue weighted by Gasteiger charge is -2.17. The van der Waals surface area contributed by atoms with Gasteiger partial charge in [0.1, 0.15) is 0 Å². The predicted molar refractivity (Wildman–Crippen MR) is 69.8 cm³/mol. The summed E-state index contributed by atoms with van der Waals surface area (Å²) in [6.45, 7) is 5.88. The minimum absolute atomic E-state index is 0. The Hall–Kier alpha value is -1.07. The summed E-state index contributed by atoms with van der Waals surface area (Å²) in [6, 6.07) is 1.86. The lowest BCUT2D eigenvalue weighted by molar-refractivity contribution is 0.108. The molecule has 0 aliphatic carbocycles. The first kappa shape index (κ1) is 13.4. The van der Waals surface area contributed by atoms with Crippen molar-refractivity contribution in [1.82, 2.24) is 10.1 Å². The highest BCUT2D eigenvalue weighted by atomic mass is 35.5. The number of halogens is 1. The van der Waals surface area contributed by atoms with Gasteiger partial charge in [-0.05, 0) is 25.8 Å². The van der Waals surface area contributed by atoms with E-state index in [-0.39, 0.29) is 12.4 Å². The normalized spacial score (nSPS) is 29.7.